The second-order valence-corrected chi connectivity index (χ2v) is 8.81. The van der Waals surface area contributed by atoms with E-state index >= 15 is 0 Å². The van der Waals surface area contributed by atoms with Gasteiger partial charge in [-0.25, -0.2) is 4.79 Å². The second-order valence-electron chi connectivity index (χ2n) is 8.37. The summed E-state index contributed by atoms with van der Waals surface area (Å²) < 4.78 is 5.67. The summed E-state index contributed by atoms with van der Waals surface area (Å²) in [7, 11) is 1.61. The third-order valence-electron chi connectivity index (χ3n) is 6.20. The monoisotopic (exact) mass is 495 g/mol. The van der Waals surface area contributed by atoms with Crippen LogP contribution >= 0.6 is 11.6 Å². The first-order chi connectivity index (χ1) is 17.5. The van der Waals surface area contributed by atoms with E-state index in [1.807, 2.05) is 66.7 Å². The minimum Gasteiger partial charge on any atom is -0.496 e. The lowest BCUT2D eigenvalue weighted by atomic mass is 9.89. The maximum atomic E-state index is 14.1. The number of hydrogen-bond acceptors (Lipinski definition) is 3. The highest BCUT2D eigenvalue weighted by Gasteiger charge is 2.35. The van der Waals surface area contributed by atoms with Gasteiger partial charge < -0.3 is 14.7 Å². The third kappa shape index (κ3) is 4.25. The van der Waals surface area contributed by atoms with Gasteiger partial charge in [-0.1, -0.05) is 72.3 Å². The molecule has 5 rings (SSSR count). The lowest BCUT2D eigenvalue weighted by Crippen LogP contribution is -2.26. The summed E-state index contributed by atoms with van der Waals surface area (Å²) in [5, 5.41) is 10.0. The van der Waals surface area contributed by atoms with Crippen molar-refractivity contribution in [3.05, 3.63) is 130 Å². The van der Waals surface area contributed by atoms with Gasteiger partial charge in [-0.3, -0.25) is 4.79 Å². The Balaban J connectivity index is 1.72. The van der Waals surface area contributed by atoms with Crippen molar-refractivity contribution < 1.29 is 19.4 Å². The Morgan fingerprint density at radius 2 is 1.61 bits per heavy atom. The summed E-state index contributed by atoms with van der Waals surface area (Å²) in [4.78, 5) is 27.3. The highest BCUT2D eigenvalue weighted by molar-refractivity contribution is 6.39. The summed E-state index contributed by atoms with van der Waals surface area (Å²) in [5.74, 6) is -0.535. The van der Waals surface area contributed by atoms with Crippen LogP contribution in [0, 0.1) is 0 Å². The Bertz CT molecular complexity index is 1510. The van der Waals surface area contributed by atoms with Gasteiger partial charge in [-0.15, -0.1) is 0 Å². The Hall–Kier alpha value is -4.35. The molecule has 0 atom stereocenters. The quantitative estimate of drug-likeness (QED) is 0.308. The molecule has 0 radical (unpaired) electrons. The van der Waals surface area contributed by atoms with Crippen molar-refractivity contribution in [2.75, 3.05) is 12.0 Å². The van der Waals surface area contributed by atoms with Crippen molar-refractivity contribution in [3.8, 4) is 5.75 Å². The number of methoxy groups -OCH3 is 1. The number of halogens is 1. The molecule has 36 heavy (non-hydrogen) atoms. The van der Waals surface area contributed by atoms with E-state index in [1.54, 1.807) is 36.3 Å². The molecule has 0 saturated carbocycles. The zero-order valence-corrected chi connectivity index (χ0v) is 20.2. The van der Waals surface area contributed by atoms with Crippen molar-refractivity contribution in [2.45, 2.75) is 6.54 Å². The largest absolute Gasteiger partial charge is 0.496 e. The van der Waals surface area contributed by atoms with Gasteiger partial charge in [0.25, 0.3) is 5.91 Å². The Morgan fingerprint density at radius 1 is 0.889 bits per heavy atom. The number of nitrogens with zero attached hydrogens (tertiary/aromatic N) is 1. The Kier molecular flexibility index (Phi) is 6.32. The molecule has 0 aliphatic carbocycles. The number of ether oxygens (including phenoxy) is 1. The molecule has 1 aliphatic heterocycles. The lowest BCUT2D eigenvalue weighted by Gasteiger charge is -2.18. The van der Waals surface area contributed by atoms with Crippen molar-refractivity contribution in [1.29, 1.82) is 0 Å². The number of para-hydroxylation sites is 2. The van der Waals surface area contributed by atoms with Crippen molar-refractivity contribution >= 4 is 40.3 Å². The van der Waals surface area contributed by atoms with Gasteiger partial charge in [-0.05, 0) is 47.5 Å². The number of fused-ring (bicyclic) bond motifs is 1. The number of carbonyl (C=O) groups is 2. The summed E-state index contributed by atoms with van der Waals surface area (Å²) in [5.41, 5.74) is 5.37. The molecule has 0 aromatic heterocycles. The first-order valence-corrected chi connectivity index (χ1v) is 11.7. The fraction of sp³-hybridized carbons (Fsp3) is 0.0667. The van der Waals surface area contributed by atoms with Crippen molar-refractivity contribution in [1.82, 2.24) is 0 Å². The molecule has 1 aliphatic rings. The average molecular weight is 496 g/mol. The minimum atomic E-state index is -1.01. The third-order valence-corrected chi connectivity index (χ3v) is 6.45. The van der Waals surface area contributed by atoms with E-state index in [1.165, 1.54) is 6.07 Å². The van der Waals surface area contributed by atoms with Gasteiger partial charge in [0, 0.05) is 21.7 Å². The zero-order valence-electron chi connectivity index (χ0n) is 19.4. The van der Waals surface area contributed by atoms with E-state index in [9.17, 15) is 14.7 Å². The highest BCUT2D eigenvalue weighted by Crippen LogP contribution is 2.45. The first kappa shape index (κ1) is 23.4. The van der Waals surface area contributed by atoms with Crippen LogP contribution in [0.2, 0.25) is 5.02 Å². The number of carbonyl (C=O) groups excluding carboxylic acids is 1. The van der Waals surface area contributed by atoms with E-state index in [0.29, 0.717) is 16.3 Å². The summed E-state index contributed by atoms with van der Waals surface area (Å²) in [6.07, 6.45) is 0. The standard InChI is InChI=1S/C30H22ClNO4/c1-36-26-12-5-3-10-24(26)27(20-13-15-22(31)16-14-20)28-23-9-2-4-11-25(23)32(29(28)33)18-19-7-6-8-21(17-19)30(34)35/h2-17H,18H2,1H3,(H,34,35). The summed E-state index contributed by atoms with van der Waals surface area (Å²) >= 11 is 6.18. The van der Waals surface area contributed by atoms with E-state index < -0.39 is 5.97 Å². The van der Waals surface area contributed by atoms with Crippen LogP contribution in [0.3, 0.4) is 0 Å². The minimum absolute atomic E-state index is 0.173. The smallest absolute Gasteiger partial charge is 0.335 e. The number of carboxylic acids is 1. The van der Waals surface area contributed by atoms with Gasteiger partial charge >= 0.3 is 5.97 Å². The number of hydrogen-bond donors (Lipinski definition) is 1. The van der Waals surface area contributed by atoms with Crippen molar-refractivity contribution in [3.63, 3.8) is 0 Å². The summed E-state index contributed by atoms with van der Waals surface area (Å²) in [6.45, 7) is 0.236. The summed E-state index contributed by atoms with van der Waals surface area (Å²) in [6, 6.07) is 29.3. The van der Waals surface area contributed by atoms with Crippen LogP contribution in [0.15, 0.2) is 97.1 Å². The predicted octanol–water partition coefficient (Wildman–Crippen LogP) is 6.55. The number of amides is 1. The predicted molar refractivity (Wildman–Crippen MR) is 141 cm³/mol. The molecule has 1 heterocycles. The molecule has 4 aromatic carbocycles. The number of anilines is 1. The lowest BCUT2D eigenvalue weighted by molar-refractivity contribution is -0.113. The molecule has 0 saturated heterocycles. The molecule has 0 bridgehead atoms. The van der Waals surface area contributed by atoms with E-state index in [0.717, 1.165) is 33.5 Å². The van der Waals surface area contributed by atoms with Crippen molar-refractivity contribution in [2.24, 2.45) is 0 Å². The van der Waals surface area contributed by atoms with E-state index in [4.69, 9.17) is 16.3 Å². The molecule has 0 fully saturated rings. The average Bonchev–Trinajstić information content (AvgIpc) is 3.17. The van der Waals surface area contributed by atoms with Crippen LogP contribution in [0.5, 0.6) is 5.75 Å². The normalized spacial score (nSPS) is 13.9. The Morgan fingerprint density at radius 3 is 2.36 bits per heavy atom. The molecule has 6 heteroatoms. The molecular formula is C30H22ClNO4. The van der Waals surface area contributed by atoms with Gasteiger partial charge in [0.05, 0.1) is 30.5 Å². The molecule has 0 spiro atoms. The fourth-order valence-corrected chi connectivity index (χ4v) is 4.69. The van der Waals surface area contributed by atoms with Gasteiger partial charge in [-0.2, -0.15) is 0 Å². The number of rotatable bonds is 6. The molecular weight excluding hydrogens is 474 g/mol. The van der Waals surface area contributed by atoms with E-state index in [-0.39, 0.29) is 18.0 Å². The van der Waals surface area contributed by atoms with Crippen LogP contribution in [-0.4, -0.2) is 24.1 Å². The molecule has 4 aromatic rings. The zero-order chi connectivity index (χ0) is 25.2. The number of benzene rings is 4. The van der Waals surface area contributed by atoms with Gasteiger partial charge in [0.15, 0.2) is 0 Å². The topological polar surface area (TPSA) is 66.8 Å². The van der Waals surface area contributed by atoms with Gasteiger partial charge in [0.2, 0.25) is 0 Å². The molecule has 178 valence electrons. The Labute approximate surface area is 213 Å². The number of carboxylic acid groups (broad SMARTS) is 1. The van der Waals surface area contributed by atoms with Crippen LogP contribution < -0.4 is 9.64 Å². The van der Waals surface area contributed by atoms with Crippen LogP contribution in [0.25, 0.3) is 11.1 Å². The highest BCUT2D eigenvalue weighted by atomic mass is 35.5. The van der Waals surface area contributed by atoms with Crippen LogP contribution in [0.1, 0.15) is 32.6 Å². The molecule has 1 N–H and O–H groups in total. The molecule has 0 unspecified atom stereocenters. The first-order valence-electron chi connectivity index (χ1n) is 11.3. The van der Waals surface area contributed by atoms with Crippen LogP contribution in [0.4, 0.5) is 5.69 Å². The van der Waals surface area contributed by atoms with Crippen LogP contribution in [-0.2, 0) is 11.3 Å². The van der Waals surface area contributed by atoms with E-state index in [2.05, 4.69) is 0 Å². The maximum Gasteiger partial charge on any atom is 0.335 e. The number of aromatic carboxylic acids is 1. The van der Waals surface area contributed by atoms with Gasteiger partial charge in [0.1, 0.15) is 5.75 Å². The molecule has 1 amide bonds. The molecule has 5 nitrogen and oxygen atoms in total. The second kappa shape index (κ2) is 9.72. The SMILES string of the molecule is COc1ccccc1C(=C1C(=O)N(Cc2cccc(C(=O)O)c2)c2ccccc21)c1ccc(Cl)cc1. The fourth-order valence-electron chi connectivity index (χ4n) is 4.57. The maximum absolute atomic E-state index is 14.1.